The Morgan fingerprint density at radius 1 is 1.71 bits per heavy atom. The number of hydrogen-bond acceptors (Lipinski definition) is 2. The summed E-state index contributed by atoms with van der Waals surface area (Å²) in [6.45, 7) is 0. The van der Waals surface area contributed by atoms with E-state index in [1.54, 1.807) is 6.20 Å². The van der Waals surface area contributed by atoms with Gasteiger partial charge in [0.2, 0.25) is 0 Å². The van der Waals surface area contributed by atoms with Crippen LogP contribution in [0.4, 0.5) is 0 Å². The van der Waals surface area contributed by atoms with Crippen LogP contribution in [0.2, 0.25) is 0 Å². The zero-order valence-corrected chi connectivity index (χ0v) is 8.23. The Morgan fingerprint density at radius 2 is 2.43 bits per heavy atom. The highest BCUT2D eigenvalue weighted by atomic mass is 16.4. The lowest BCUT2D eigenvalue weighted by Crippen LogP contribution is -2.01. The number of carboxylic acid groups (broad SMARTS) is 1. The molecule has 0 aliphatic heterocycles. The first-order chi connectivity index (χ1) is 6.68. The summed E-state index contributed by atoms with van der Waals surface area (Å²) in [6, 6.07) is 0. The van der Waals surface area contributed by atoms with E-state index < -0.39 is 5.97 Å². The monoisotopic (exact) mass is 194 g/mol. The third kappa shape index (κ3) is 1.78. The molecule has 76 valence electrons. The van der Waals surface area contributed by atoms with E-state index in [9.17, 15) is 4.79 Å². The summed E-state index contributed by atoms with van der Waals surface area (Å²) in [5.74, 6) is -0.109. The molecule has 1 heterocycles. The summed E-state index contributed by atoms with van der Waals surface area (Å²) < 4.78 is 1.88. The zero-order chi connectivity index (χ0) is 10.1. The molecule has 2 rings (SSSR count). The molecule has 1 aliphatic carbocycles. The molecule has 1 aromatic heterocycles. The molecule has 1 fully saturated rings. The van der Waals surface area contributed by atoms with Crippen LogP contribution in [0.25, 0.3) is 0 Å². The number of aryl methyl sites for hydroxylation is 2. The first kappa shape index (κ1) is 9.24. The molecule has 1 aliphatic rings. The Morgan fingerprint density at radius 3 is 3.00 bits per heavy atom. The van der Waals surface area contributed by atoms with Crippen molar-refractivity contribution in [3.8, 4) is 0 Å². The van der Waals surface area contributed by atoms with Crippen LogP contribution in [0, 0.1) is 0 Å². The van der Waals surface area contributed by atoms with Crippen molar-refractivity contribution in [3.63, 3.8) is 0 Å². The molecule has 0 amide bonds. The largest absolute Gasteiger partial charge is 0.481 e. The predicted molar refractivity (Wildman–Crippen MR) is 51.1 cm³/mol. The highest BCUT2D eigenvalue weighted by Crippen LogP contribution is 2.41. The fraction of sp³-hybridized carbons (Fsp3) is 0.600. The van der Waals surface area contributed by atoms with Gasteiger partial charge in [0.05, 0.1) is 6.20 Å². The lowest BCUT2D eigenvalue weighted by molar-refractivity contribution is -0.136. The van der Waals surface area contributed by atoms with E-state index in [-0.39, 0.29) is 6.42 Å². The van der Waals surface area contributed by atoms with E-state index >= 15 is 0 Å². The Balaban J connectivity index is 2.12. The van der Waals surface area contributed by atoms with Crippen LogP contribution in [0.5, 0.6) is 0 Å². The number of rotatable bonds is 4. The van der Waals surface area contributed by atoms with E-state index in [1.165, 1.54) is 18.5 Å². The lowest BCUT2D eigenvalue weighted by Gasteiger charge is -2.02. The highest BCUT2D eigenvalue weighted by molar-refractivity contribution is 5.67. The normalized spacial score (nSPS) is 15.8. The van der Waals surface area contributed by atoms with Gasteiger partial charge in [0.25, 0.3) is 0 Å². The van der Waals surface area contributed by atoms with Gasteiger partial charge in [-0.05, 0) is 24.8 Å². The number of nitrogens with zero attached hydrogens (tertiary/aromatic N) is 2. The van der Waals surface area contributed by atoms with E-state index in [2.05, 4.69) is 5.10 Å². The molecule has 0 aromatic carbocycles. The molecule has 1 aromatic rings. The van der Waals surface area contributed by atoms with Crippen molar-refractivity contribution in [3.05, 3.63) is 17.5 Å². The summed E-state index contributed by atoms with van der Waals surface area (Å²) >= 11 is 0. The van der Waals surface area contributed by atoms with Crippen LogP contribution in [-0.4, -0.2) is 20.9 Å². The van der Waals surface area contributed by atoms with E-state index in [4.69, 9.17) is 5.11 Å². The molecular weight excluding hydrogens is 180 g/mol. The predicted octanol–water partition coefficient (Wildman–Crippen LogP) is 1.31. The van der Waals surface area contributed by atoms with Gasteiger partial charge < -0.3 is 5.11 Å². The molecule has 0 saturated heterocycles. The van der Waals surface area contributed by atoms with E-state index in [0.29, 0.717) is 12.3 Å². The average Bonchev–Trinajstić information content (AvgIpc) is 2.88. The number of aliphatic carboxylic acids is 1. The zero-order valence-electron chi connectivity index (χ0n) is 8.23. The minimum Gasteiger partial charge on any atom is -0.481 e. The summed E-state index contributed by atoms with van der Waals surface area (Å²) in [4.78, 5) is 10.4. The van der Waals surface area contributed by atoms with Crippen molar-refractivity contribution < 1.29 is 9.90 Å². The van der Waals surface area contributed by atoms with Gasteiger partial charge in [0, 0.05) is 25.1 Å². The molecule has 0 bridgehead atoms. The van der Waals surface area contributed by atoms with Crippen LogP contribution in [0.3, 0.4) is 0 Å². The van der Waals surface area contributed by atoms with E-state index in [0.717, 1.165) is 5.56 Å². The molecular formula is C10H14N2O2. The van der Waals surface area contributed by atoms with Gasteiger partial charge in [-0.25, -0.2) is 0 Å². The minimum absolute atomic E-state index is 0.200. The highest BCUT2D eigenvalue weighted by Gasteiger charge is 2.29. The van der Waals surface area contributed by atoms with Crippen LogP contribution in [-0.2, 0) is 18.3 Å². The smallest absolute Gasteiger partial charge is 0.303 e. The van der Waals surface area contributed by atoms with Crippen LogP contribution in [0.15, 0.2) is 6.20 Å². The minimum atomic E-state index is -0.740. The molecule has 0 atom stereocenters. The van der Waals surface area contributed by atoms with Crippen molar-refractivity contribution in [1.29, 1.82) is 0 Å². The van der Waals surface area contributed by atoms with Gasteiger partial charge in [-0.15, -0.1) is 0 Å². The summed E-state index contributed by atoms with van der Waals surface area (Å²) in [5.41, 5.74) is 2.35. The summed E-state index contributed by atoms with van der Waals surface area (Å²) in [5, 5.41) is 12.8. The van der Waals surface area contributed by atoms with Crippen LogP contribution >= 0.6 is 0 Å². The van der Waals surface area contributed by atoms with E-state index in [1.807, 2.05) is 11.7 Å². The van der Waals surface area contributed by atoms with Gasteiger partial charge in [-0.2, -0.15) is 5.10 Å². The third-order valence-corrected chi connectivity index (χ3v) is 2.64. The average molecular weight is 194 g/mol. The Hall–Kier alpha value is -1.32. The SMILES string of the molecule is Cn1ncc(CCC(=O)O)c1C1CC1. The van der Waals surface area contributed by atoms with Crippen molar-refractivity contribution >= 4 is 5.97 Å². The van der Waals surface area contributed by atoms with Gasteiger partial charge >= 0.3 is 5.97 Å². The quantitative estimate of drug-likeness (QED) is 0.786. The second kappa shape index (κ2) is 3.44. The lowest BCUT2D eigenvalue weighted by atomic mass is 10.1. The fourth-order valence-corrected chi connectivity index (χ4v) is 1.81. The van der Waals surface area contributed by atoms with Crippen molar-refractivity contribution in [2.24, 2.45) is 7.05 Å². The maximum atomic E-state index is 10.4. The molecule has 1 N–H and O–H groups in total. The third-order valence-electron chi connectivity index (χ3n) is 2.64. The Labute approximate surface area is 82.5 Å². The molecule has 0 spiro atoms. The maximum absolute atomic E-state index is 10.4. The topological polar surface area (TPSA) is 55.1 Å². The molecule has 4 heteroatoms. The second-order valence-electron chi connectivity index (χ2n) is 3.85. The maximum Gasteiger partial charge on any atom is 0.303 e. The summed E-state index contributed by atoms with van der Waals surface area (Å²) in [6.07, 6.45) is 5.05. The second-order valence-corrected chi connectivity index (χ2v) is 3.85. The first-order valence-corrected chi connectivity index (χ1v) is 4.91. The van der Waals surface area contributed by atoms with Gasteiger partial charge in [-0.3, -0.25) is 9.48 Å². The first-order valence-electron chi connectivity index (χ1n) is 4.91. The number of carbonyl (C=O) groups is 1. The van der Waals surface area contributed by atoms with Crippen LogP contribution < -0.4 is 0 Å². The molecule has 14 heavy (non-hydrogen) atoms. The standard InChI is InChI=1S/C10H14N2O2/c1-12-10(7-2-3-7)8(6-11-12)4-5-9(13)14/h6-7H,2-5H2,1H3,(H,13,14). The Bertz CT molecular complexity index is 353. The van der Waals surface area contributed by atoms with Gasteiger partial charge in [0.1, 0.15) is 0 Å². The molecule has 1 saturated carbocycles. The van der Waals surface area contributed by atoms with Gasteiger partial charge in [0.15, 0.2) is 0 Å². The van der Waals surface area contributed by atoms with Crippen LogP contribution in [0.1, 0.15) is 36.4 Å². The van der Waals surface area contributed by atoms with Crippen molar-refractivity contribution in [2.45, 2.75) is 31.6 Å². The fourth-order valence-electron chi connectivity index (χ4n) is 1.81. The number of hydrogen-bond donors (Lipinski definition) is 1. The summed E-state index contributed by atoms with van der Waals surface area (Å²) in [7, 11) is 1.93. The molecule has 0 radical (unpaired) electrons. The number of carboxylic acids is 1. The van der Waals surface area contributed by atoms with Crippen molar-refractivity contribution in [2.75, 3.05) is 0 Å². The van der Waals surface area contributed by atoms with Gasteiger partial charge in [-0.1, -0.05) is 0 Å². The molecule has 4 nitrogen and oxygen atoms in total. The number of aromatic nitrogens is 2. The Kier molecular flexibility index (Phi) is 2.27. The van der Waals surface area contributed by atoms with Crippen molar-refractivity contribution in [1.82, 2.24) is 9.78 Å². The molecule has 0 unspecified atom stereocenters.